The Hall–Kier alpha value is -2.48. The van der Waals surface area contributed by atoms with Crippen molar-refractivity contribution in [2.75, 3.05) is 10.6 Å². The lowest BCUT2D eigenvalue weighted by molar-refractivity contribution is 0.0691. The third kappa shape index (κ3) is 3.76. The number of hydrogen-bond acceptors (Lipinski definition) is 3. The van der Waals surface area contributed by atoms with Crippen LogP contribution in [0.25, 0.3) is 0 Å². The molecule has 0 spiro atoms. The summed E-state index contributed by atoms with van der Waals surface area (Å²) in [6.45, 7) is 0. The van der Waals surface area contributed by atoms with Crippen LogP contribution in [0.4, 0.5) is 20.6 Å². The second kappa shape index (κ2) is 6.31. The van der Waals surface area contributed by atoms with Crippen LogP contribution in [-0.4, -0.2) is 22.1 Å². The lowest BCUT2D eigenvalue weighted by Crippen LogP contribution is -2.22. The van der Waals surface area contributed by atoms with Gasteiger partial charge < -0.3 is 15.7 Å². The number of halogens is 2. The summed E-state index contributed by atoms with van der Waals surface area (Å²) in [5.41, 5.74) is -0.331. The van der Waals surface area contributed by atoms with E-state index in [1.807, 2.05) is 0 Å². The first-order chi connectivity index (χ1) is 9.97. The van der Waals surface area contributed by atoms with Crippen molar-refractivity contribution in [1.29, 1.82) is 0 Å². The van der Waals surface area contributed by atoms with Crippen LogP contribution in [0.2, 0.25) is 0 Å². The largest absolute Gasteiger partial charge is 0.476 e. The van der Waals surface area contributed by atoms with E-state index in [-0.39, 0.29) is 17.1 Å². The fraction of sp³-hybridized carbons (Fsp3) is 0. The Balaban J connectivity index is 2.16. The number of hydrogen-bond donors (Lipinski definition) is 3. The van der Waals surface area contributed by atoms with Gasteiger partial charge in [0.05, 0.1) is 11.4 Å². The normalized spacial score (nSPS) is 10.0. The first-order valence-corrected chi connectivity index (χ1v) is 6.48. The smallest absolute Gasteiger partial charge is 0.356 e. The second-order valence-electron chi connectivity index (χ2n) is 3.91. The quantitative estimate of drug-likeness (QED) is 0.789. The molecule has 0 aliphatic carbocycles. The van der Waals surface area contributed by atoms with Crippen molar-refractivity contribution in [2.24, 2.45) is 0 Å². The highest BCUT2D eigenvalue weighted by molar-refractivity contribution is 9.10. The lowest BCUT2D eigenvalue weighted by Gasteiger charge is -2.10. The first kappa shape index (κ1) is 14.9. The molecule has 1 aromatic heterocycles. The molecule has 2 aromatic rings. The number of anilines is 2. The zero-order valence-corrected chi connectivity index (χ0v) is 12.0. The molecule has 2 rings (SSSR count). The van der Waals surface area contributed by atoms with Crippen LogP contribution in [0.5, 0.6) is 0 Å². The fourth-order valence-corrected chi connectivity index (χ4v) is 1.91. The molecule has 0 atom stereocenters. The minimum atomic E-state index is -1.28. The number of carboxylic acid groups (broad SMARTS) is 1. The van der Waals surface area contributed by atoms with Crippen LogP contribution >= 0.6 is 15.9 Å². The topological polar surface area (TPSA) is 91.3 Å². The number of benzene rings is 1. The van der Waals surface area contributed by atoms with Crippen LogP contribution in [0.15, 0.2) is 41.0 Å². The monoisotopic (exact) mass is 353 g/mol. The highest BCUT2D eigenvalue weighted by Crippen LogP contribution is 2.20. The minimum Gasteiger partial charge on any atom is -0.476 e. The van der Waals surface area contributed by atoms with E-state index < -0.39 is 17.8 Å². The zero-order valence-electron chi connectivity index (χ0n) is 10.4. The van der Waals surface area contributed by atoms with Gasteiger partial charge in [0.2, 0.25) is 0 Å². The predicted octanol–water partition coefficient (Wildman–Crippen LogP) is 3.33. The summed E-state index contributed by atoms with van der Waals surface area (Å²) in [5.74, 6) is -1.89. The molecular weight excluding hydrogens is 345 g/mol. The summed E-state index contributed by atoms with van der Waals surface area (Å²) < 4.78 is 14.1. The van der Waals surface area contributed by atoms with Crippen molar-refractivity contribution in [3.8, 4) is 0 Å². The second-order valence-corrected chi connectivity index (χ2v) is 4.82. The third-order valence-corrected chi connectivity index (χ3v) is 2.93. The van der Waals surface area contributed by atoms with E-state index in [0.717, 1.165) is 0 Å². The highest BCUT2D eigenvalue weighted by Gasteiger charge is 2.14. The third-order valence-electron chi connectivity index (χ3n) is 2.44. The Morgan fingerprint density at radius 2 is 1.90 bits per heavy atom. The molecule has 0 saturated heterocycles. The number of urea groups is 1. The van der Waals surface area contributed by atoms with Gasteiger partial charge in [-0.3, -0.25) is 0 Å². The van der Waals surface area contributed by atoms with E-state index in [1.54, 1.807) is 0 Å². The fourth-order valence-electron chi connectivity index (χ4n) is 1.55. The number of aromatic nitrogens is 1. The van der Waals surface area contributed by atoms with Gasteiger partial charge in [-0.1, -0.05) is 15.9 Å². The molecule has 3 N–H and O–H groups in total. The number of nitrogens with one attached hydrogen (secondary N) is 2. The summed E-state index contributed by atoms with van der Waals surface area (Å²) in [7, 11) is 0. The summed E-state index contributed by atoms with van der Waals surface area (Å²) in [6.07, 6.45) is 1.29. The van der Waals surface area contributed by atoms with Gasteiger partial charge >= 0.3 is 12.0 Å². The first-order valence-electron chi connectivity index (χ1n) is 5.69. The molecule has 0 saturated carbocycles. The van der Waals surface area contributed by atoms with Crippen molar-refractivity contribution >= 4 is 39.3 Å². The van der Waals surface area contributed by atoms with Crippen molar-refractivity contribution in [3.05, 3.63) is 52.5 Å². The van der Waals surface area contributed by atoms with Gasteiger partial charge in [0.25, 0.3) is 0 Å². The van der Waals surface area contributed by atoms with Crippen LogP contribution in [0.1, 0.15) is 10.5 Å². The Kier molecular flexibility index (Phi) is 4.49. The average molecular weight is 354 g/mol. The number of carboxylic acids is 1. The standard InChI is InChI=1S/C13H9BrFN3O3/c14-7-3-4-8(15)10(6-7)18-13(21)17-9-2-1-5-16-11(9)12(19)20/h1-6H,(H,19,20)(H2,17,18,21). The van der Waals surface area contributed by atoms with Gasteiger partial charge in [-0.15, -0.1) is 0 Å². The zero-order chi connectivity index (χ0) is 15.4. The Morgan fingerprint density at radius 3 is 2.62 bits per heavy atom. The maximum absolute atomic E-state index is 13.5. The summed E-state index contributed by atoms with van der Waals surface area (Å²) >= 11 is 3.16. The van der Waals surface area contributed by atoms with E-state index in [1.165, 1.54) is 36.5 Å². The van der Waals surface area contributed by atoms with Crippen LogP contribution in [0.3, 0.4) is 0 Å². The molecule has 0 fully saturated rings. The van der Waals surface area contributed by atoms with E-state index in [4.69, 9.17) is 5.11 Å². The maximum Gasteiger partial charge on any atom is 0.356 e. The Morgan fingerprint density at radius 1 is 1.19 bits per heavy atom. The molecule has 6 nitrogen and oxygen atoms in total. The molecule has 1 aromatic carbocycles. The maximum atomic E-state index is 13.5. The SMILES string of the molecule is O=C(Nc1cc(Br)ccc1F)Nc1cccnc1C(=O)O. The van der Waals surface area contributed by atoms with E-state index in [9.17, 15) is 14.0 Å². The van der Waals surface area contributed by atoms with Crippen molar-refractivity contribution in [2.45, 2.75) is 0 Å². The van der Waals surface area contributed by atoms with Gasteiger partial charge in [-0.2, -0.15) is 0 Å². The van der Waals surface area contributed by atoms with E-state index in [2.05, 4.69) is 31.5 Å². The van der Waals surface area contributed by atoms with Gasteiger partial charge in [-0.25, -0.2) is 19.0 Å². The number of carbonyl (C=O) groups excluding carboxylic acids is 1. The van der Waals surface area contributed by atoms with Crippen LogP contribution < -0.4 is 10.6 Å². The number of rotatable bonds is 3. The number of nitrogens with zero attached hydrogens (tertiary/aromatic N) is 1. The Bertz CT molecular complexity index is 709. The number of amides is 2. The molecule has 0 aliphatic heterocycles. The molecule has 21 heavy (non-hydrogen) atoms. The highest BCUT2D eigenvalue weighted by atomic mass is 79.9. The lowest BCUT2D eigenvalue weighted by atomic mass is 10.3. The van der Waals surface area contributed by atoms with Gasteiger partial charge in [0.15, 0.2) is 5.69 Å². The van der Waals surface area contributed by atoms with Crippen molar-refractivity contribution in [1.82, 2.24) is 4.98 Å². The number of aromatic carboxylic acids is 1. The minimum absolute atomic E-state index is 0.0119. The van der Waals surface area contributed by atoms with Crippen molar-refractivity contribution < 1.29 is 19.1 Å². The van der Waals surface area contributed by atoms with Gasteiger partial charge in [0, 0.05) is 10.7 Å². The molecule has 0 radical (unpaired) electrons. The molecule has 0 unspecified atom stereocenters. The predicted molar refractivity (Wildman–Crippen MR) is 77.9 cm³/mol. The van der Waals surface area contributed by atoms with Gasteiger partial charge in [0.1, 0.15) is 5.82 Å². The number of pyridine rings is 1. The molecule has 2 amide bonds. The number of carbonyl (C=O) groups is 2. The van der Waals surface area contributed by atoms with Gasteiger partial charge in [-0.05, 0) is 30.3 Å². The molecule has 8 heteroatoms. The molecule has 0 aliphatic rings. The molecule has 1 heterocycles. The van der Waals surface area contributed by atoms with Crippen molar-refractivity contribution in [3.63, 3.8) is 0 Å². The van der Waals surface area contributed by atoms with Crippen LogP contribution in [-0.2, 0) is 0 Å². The Labute approximate surface area is 127 Å². The summed E-state index contributed by atoms with van der Waals surface area (Å²) in [5, 5.41) is 13.5. The van der Waals surface area contributed by atoms with Crippen LogP contribution in [0, 0.1) is 5.82 Å². The molecule has 0 bridgehead atoms. The summed E-state index contributed by atoms with van der Waals surface area (Å²) in [4.78, 5) is 26.4. The molecule has 108 valence electrons. The average Bonchev–Trinajstić information content (AvgIpc) is 2.43. The van der Waals surface area contributed by atoms with E-state index in [0.29, 0.717) is 4.47 Å². The summed E-state index contributed by atoms with van der Waals surface area (Å²) in [6, 6.07) is 6.14. The van der Waals surface area contributed by atoms with E-state index >= 15 is 0 Å². The molecular formula is C13H9BrFN3O3.